The summed E-state index contributed by atoms with van der Waals surface area (Å²) in [6, 6.07) is -0.468. The summed E-state index contributed by atoms with van der Waals surface area (Å²) in [5.74, 6) is -0.298. The Bertz CT molecular complexity index is 248. The number of carbonyl (C=O) groups is 1. The van der Waals surface area contributed by atoms with E-state index in [0.717, 1.165) is 0 Å². The molecule has 0 aromatic carbocycles. The van der Waals surface area contributed by atoms with Gasteiger partial charge in [0.2, 0.25) is 0 Å². The summed E-state index contributed by atoms with van der Waals surface area (Å²) in [7, 11) is 0. The molecule has 3 nitrogen and oxygen atoms in total. The largest absolute Gasteiger partial charge is 0.458 e. The minimum absolute atomic E-state index is 0.298. The van der Waals surface area contributed by atoms with Crippen molar-refractivity contribution in [2.75, 3.05) is 0 Å². The van der Waals surface area contributed by atoms with E-state index in [9.17, 15) is 4.79 Å². The second-order valence-corrected chi connectivity index (χ2v) is 3.85. The Morgan fingerprint density at radius 1 is 1.38 bits per heavy atom. The van der Waals surface area contributed by atoms with Crippen LogP contribution >= 0.6 is 0 Å². The number of rotatable bonds is 1. The molecule has 0 saturated carbocycles. The van der Waals surface area contributed by atoms with Gasteiger partial charge in [-0.2, -0.15) is 0 Å². The van der Waals surface area contributed by atoms with Gasteiger partial charge in [-0.25, -0.2) is 4.79 Å². The van der Waals surface area contributed by atoms with Crippen LogP contribution in [-0.2, 0) is 9.53 Å². The molecule has 0 aliphatic carbocycles. The van der Waals surface area contributed by atoms with Gasteiger partial charge in [0, 0.05) is 6.20 Å². The summed E-state index contributed by atoms with van der Waals surface area (Å²) >= 11 is 0. The van der Waals surface area contributed by atoms with Crippen LogP contribution in [-0.4, -0.2) is 17.6 Å². The minimum Gasteiger partial charge on any atom is -0.458 e. The molecule has 0 fully saturated rings. The van der Waals surface area contributed by atoms with E-state index in [2.05, 4.69) is 5.32 Å². The predicted octanol–water partition coefficient (Wildman–Crippen LogP) is 1.38. The van der Waals surface area contributed by atoms with Crippen LogP contribution in [0.1, 0.15) is 20.8 Å². The van der Waals surface area contributed by atoms with Crippen LogP contribution < -0.4 is 5.32 Å². The van der Waals surface area contributed by atoms with Crippen LogP contribution in [0.5, 0.6) is 0 Å². The number of hydrogen-bond acceptors (Lipinski definition) is 2. The normalized spacial score (nSPS) is 21.0. The lowest BCUT2D eigenvalue weighted by atomic mass is 10.1. The summed E-state index contributed by atoms with van der Waals surface area (Å²) < 4.78 is 5.16. The van der Waals surface area contributed by atoms with Crippen molar-refractivity contribution < 1.29 is 9.53 Å². The quantitative estimate of drug-likeness (QED) is 0.572. The number of esters is 1. The molecule has 1 atom stereocenters. The van der Waals surface area contributed by atoms with E-state index in [4.69, 9.17) is 4.74 Å². The molecule has 71 valence electrons. The number of nitrogens with zero attached hydrogens (tertiary/aromatic N) is 1. The molecule has 0 N–H and O–H groups in total. The molecule has 3 heteroatoms. The van der Waals surface area contributed by atoms with Crippen molar-refractivity contribution in [3.63, 3.8) is 0 Å². The smallest absolute Gasteiger partial charge is 0.335 e. The average Bonchev–Trinajstić information content (AvgIpc) is 2.03. The molecule has 1 aliphatic rings. The third-order valence-corrected chi connectivity index (χ3v) is 1.39. The van der Waals surface area contributed by atoms with Crippen LogP contribution in [0.2, 0.25) is 0 Å². The first kappa shape index (κ1) is 9.84. The van der Waals surface area contributed by atoms with Crippen LogP contribution in [0, 0.1) is 0 Å². The average molecular weight is 180 g/mol. The van der Waals surface area contributed by atoms with Crippen molar-refractivity contribution in [2.24, 2.45) is 0 Å². The van der Waals surface area contributed by atoms with Gasteiger partial charge >= 0.3 is 5.97 Å². The molecule has 0 aromatic heterocycles. The van der Waals surface area contributed by atoms with Gasteiger partial charge in [-0.05, 0) is 32.9 Å². The zero-order valence-corrected chi connectivity index (χ0v) is 8.15. The summed E-state index contributed by atoms with van der Waals surface area (Å²) in [6.07, 6.45) is 6.89. The standard InChI is InChI=1S/C10H14NO2/c1-10(2,3)13-9(12)8-6-4-5-7-11-8/h4-8H,1-3H3. The highest BCUT2D eigenvalue weighted by Crippen LogP contribution is 2.10. The SMILES string of the molecule is CC(C)(C)OC(=O)C1C=CC=C[N]1. The van der Waals surface area contributed by atoms with E-state index in [1.165, 1.54) is 0 Å². The number of hydrogen-bond donors (Lipinski definition) is 0. The van der Waals surface area contributed by atoms with Gasteiger partial charge in [-0.1, -0.05) is 6.08 Å². The van der Waals surface area contributed by atoms with Crippen molar-refractivity contribution in [1.82, 2.24) is 5.32 Å². The van der Waals surface area contributed by atoms with Crippen molar-refractivity contribution in [3.8, 4) is 0 Å². The number of ether oxygens (including phenoxy) is 1. The molecule has 0 amide bonds. The summed E-state index contributed by atoms with van der Waals surface area (Å²) in [5, 5.41) is 3.97. The summed E-state index contributed by atoms with van der Waals surface area (Å²) in [6.45, 7) is 5.52. The fourth-order valence-electron chi connectivity index (χ4n) is 0.913. The minimum atomic E-state index is -0.468. The third-order valence-electron chi connectivity index (χ3n) is 1.39. The second-order valence-electron chi connectivity index (χ2n) is 3.85. The van der Waals surface area contributed by atoms with Crippen molar-refractivity contribution in [3.05, 3.63) is 24.4 Å². The maximum atomic E-state index is 11.4. The number of carbonyl (C=O) groups excluding carboxylic acids is 1. The van der Waals surface area contributed by atoms with Gasteiger partial charge in [0.25, 0.3) is 0 Å². The van der Waals surface area contributed by atoms with Gasteiger partial charge in [0.1, 0.15) is 5.60 Å². The third kappa shape index (κ3) is 3.32. The lowest BCUT2D eigenvalue weighted by Gasteiger charge is -2.22. The monoisotopic (exact) mass is 180 g/mol. The van der Waals surface area contributed by atoms with Gasteiger partial charge in [0.05, 0.1) is 0 Å². The van der Waals surface area contributed by atoms with E-state index in [0.29, 0.717) is 0 Å². The van der Waals surface area contributed by atoms with Gasteiger partial charge < -0.3 is 4.74 Å². The first-order valence-corrected chi connectivity index (χ1v) is 4.25. The zero-order valence-electron chi connectivity index (χ0n) is 8.15. The molecule has 13 heavy (non-hydrogen) atoms. The van der Waals surface area contributed by atoms with E-state index >= 15 is 0 Å². The number of allylic oxidation sites excluding steroid dienone is 2. The Morgan fingerprint density at radius 2 is 2.08 bits per heavy atom. The van der Waals surface area contributed by atoms with Crippen molar-refractivity contribution in [2.45, 2.75) is 32.4 Å². The highest BCUT2D eigenvalue weighted by Gasteiger charge is 2.23. The van der Waals surface area contributed by atoms with E-state index in [-0.39, 0.29) is 5.97 Å². The molecule has 1 radical (unpaired) electrons. The topological polar surface area (TPSA) is 40.4 Å². The fourth-order valence-corrected chi connectivity index (χ4v) is 0.913. The lowest BCUT2D eigenvalue weighted by molar-refractivity contribution is -0.155. The highest BCUT2D eigenvalue weighted by atomic mass is 16.6. The molecule has 1 unspecified atom stereocenters. The van der Waals surface area contributed by atoms with Crippen molar-refractivity contribution in [1.29, 1.82) is 0 Å². The Balaban J connectivity index is 2.49. The summed E-state index contributed by atoms with van der Waals surface area (Å²) in [5.41, 5.74) is -0.443. The van der Waals surface area contributed by atoms with Crippen LogP contribution in [0.3, 0.4) is 0 Å². The molecule has 0 bridgehead atoms. The lowest BCUT2D eigenvalue weighted by Crippen LogP contribution is -2.35. The molecule has 1 aliphatic heterocycles. The molecule has 1 heterocycles. The maximum absolute atomic E-state index is 11.4. The Hall–Kier alpha value is -1.25. The molecule has 1 rings (SSSR count). The van der Waals surface area contributed by atoms with Gasteiger partial charge in [-0.15, -0.1) is 0 Å². The highest BCUT2D eigenvalue weighted by molar-refractivity contribution is 5.78. The van der Waals surface area contributed by atoms with Crippen LogP contribution in [0.4, 0.5) is 0 Å². The Labute approximate surface area is 78.5 Å². The molecule has 0 saturated heterocycles. The van der Waals surface area contributed by atoms with Gasteiger partial charge in [-0.3, -0.25) is 5.32 Å². The van der Waals surface area contributed by atoms with Gasteiger partial charge in [0.15, 0.2) is 6.04 Å². The second kappa shape index (κ2) is 3.64. The maximum Gasteiger partial charge on any atom is 0.335 e. The van der Waals surface area contributed by atoms with E-state index in [1.807, 2.05) is 20.8 Å². The first-order valence-electron chi connectivity index (χ1n) is 4.25. The predicted molar refractivity (Wildman–Crippen MR) is 50.0 cm³/mol. The molecular weight excluding hydrogens is 166 g/mol. The molecule has 0 aromatic rings. The molecule has 0 spiro atoms. The zero-order chi connectivity index (χ0) is 9.90. The fraction of sp³-hybridized carbons (Fsp3) is 0.500. The van der Waals surface area contributed by atoms with Crippen molar-refractivity contribution >= 4 is 5.97 Å². The van der Waals surface area contributed by atoms with E-state index < -0.39 is 11.6 Å². The van der Waals surface area contributed by atoms with Crippen LogP contribution in [0.25, 0.3) is 0 Å². The summed E-state index contributed by atoms with van der Waals surface area (Å²) in [4.78, 5) is 11.4. The molecular formula is C10H14NO2. The van der Waals surface area contributed by atoms with Crippen LogP contribution in [0.15, 0.2) is 24.4 Å². The Kier molecular flexibility index (Phi) is 2.76. The van der Waals surface area contributed by atoms with E-state index in [1.54, 1.807) is 24.4 Å². The Morgan fingerprint density at radius 3 is 2.54 bits per heavy atom. The first-order chi connectivity index (χ1) is 5.99.